The third-order valence-corrected chi connectivity index (χ3v) is 2.90. The van der Waals surface area contributed by atoms with Gasteiger partial charge in [0.1, 0.15) is 23.8 Å². The van der Waals surface area contributed by atoms with Crippen molar-refractivity contribution >= 4 is 0 Å². The van der Waals surface area contributed by atoms with Crippen molar-refractivity contribution in [1.82, 2.24) is 0 Å². The SMILES string of the molecule is COc1ccc(C([C@H](C#N)[N+](=O)[O-])[C@H](C#N)[N+](=O)[O-])cc1. The van der Waals surface area contributed by atoms with E-state index in [2.05, 4.69) is 0 Å². The van der Waals surface area contributed by atoms with Gasteiger partial charge in [0.15, 0.2) is 0 Å². The van der Waals surface area contributed by atoms with Crippen molar-refractivity contribution in [1.29, 1.82) is 10.5 Å². The first-order chi connectivity index (χ1) is 9.96. The Kier molecular flexibility index (Phi) is 5.15. The van der Waals surface area contributed by atoms with Crippen molar-refractivity contribution in [3.8, 4) is 17.9 Å². The second-order valence-corrected chi connectivity index (χ2v) is 4.02. The highest BCUT2D eigenvalue weighted by Gasteiger charge is 2.45. The molecule has 2 atom stereocenters. The van der Waals surface area contributed by atoms with E-state index in [0.29, 0.717) is 5.75 Å². The molecule has 0 aromatic heterocycles. The lowest BCUT2D eigenvalue weighted by Crippen LogP contribution is -2.37. The molecule has 0 aliphatic rings. The van der Waals surface area contributed by atoms with E-state index >= 15 is 0 Å². The molecule has 0 fully saturated rings. The summed E-state index contributed by atoms with van der Waals surface area (Å²) in [6.07, 6.45) is 0. The molecule has 0 unspecified atom stereocenters. The van der Waals surface area contributed by atoms with Gasteiger partial charge in [-0.05, 0) is 17.7 Å². The van der Waals surface area contributed by atoms with Gasteiger partial charge in [-0.15, -0.1) is 0 Å². The fourth-order valence-corrected chi connectivity index (χ4v) is 1.88. The molecular formula is C12H10N4O5. The van der Waals surface area contributed by atoms with Crippen LogP contribution >= 0.6 is 0 Å². The third kappa shape index (κ3) is 3.42. The van der Waals surface area contributed by atoms with Crippen molar-refractivity contribution in [2.75, 3.05) is 7.11 Å². The van der Waals surface area contributed by atoms with E-state index in [1.165, 1.54) is 43.5 Å². The number of nitriles is 2. The lowest BCUT2D eigenvalue weighted by atomic mass is 9.86. The van der Waals surface area contributed by atoms with Gasteiger partial charge in [0.05, 0.1) is 7.11 Å². The van der Waals surface area contributed by atoms with E-state index in [1.54, 1.807) is 0 Å². The van der Waals surface area contributed by atoms with Crippen molar-refractivity contribution in [3.05, 3.63) is 50.1 Å². The molecule has 0 aliphatic carbocycles. The molecule has 1 aromatic carbocycles. The molecule has 1 rings (SSSR count). The predicted molar refractivity (Wildman–Crippen MR) is 68.5 cm³/mol. The zero-order valence-corrected chi connectivity index (χ0v) is 10.9. The number of nitro groups is 2. The molecule has 9 nitrogen and oxygen atoms in total. The summed E-state index contributed by atoms with van der Waals surface area (Å²) in [6.45, 7) is 0. The molecule has 0 aliphatic heterocycles. The van der Waals surface area contributed by atoms with Gasteiger partial charge in [-0.3, -0.25) is 20.2 Å². The Morgan fingerprint density at radius 2 is 1.48 bits per heavy atom. The Balaban J connectivity index is 3.36. The average molecular weight is 290 g/mol. The Bertz CT molecular complexity index is 584. The minimum Gasteiger partial charge on any atom is -0.497 e. The zero-order chi connectivity index (χ0) is 16.0. The molecule has 0 radical (unpaired) electrons. The first kappa shape index (κ1) is 15.9. The summed E-state index contributed by atoms with van der Waals surface area (Å²) in [5.74, 6) is -1.03. The summed E-state index contributed by atoms with van der Waals surface area (Å²) in [4.78, 5) is 20.0. The number of methoxy groups -OCH3 is 1. The van der Waals surface area contributed by atoms with Crippen LogP contribution in [-0.4, -0.2) is 29.0 Å². The van der Waals surface area contributed by atoms with Crippen LogP contribution in [0.5, 0.6) is 5.75 Å². The number of benzene rings is 1. The van der Waals surface area contributed by atoms with Crippen LogP contribution in [0.2, 0.25) is 0 Å². The highest BCUT2D eigenvalue weighted by atomic mass is 16.6. The van der Waals surface area contributed by atoms with Gasteiger partial charge in [-0.25, -0.2) is 0 Å². The number of hydrogen-bond acceptors (Lipinski definition) is 7. The van der Waals surface area contributed by atoms with Crippen LogP contribution in [0.25, 0.3) is 0 Å². The number of nitrogens with zero attached hydrogens (tertiary/aromatic N) is 4. The number of ether oxygens (including phenoxy) is 1. The quantitative estimate of drug-likeness (QED) is 0.563. The number of hydrogen-bond donors (Lipinski definition) is 0. The molecule has 0 amide bonds. The second kappa shape index (κ2) is 6.82. The fraction of sp³-hybridized carbons (Fsp3) is 0.333. The van der Waals surface area contributed by atoms with Gasteiger partial charge >= 0.3 is 12.1 Å². The maximum absolute atomic E-state index is 10.9. The van der Waals surface area contributed by atoms with Crippen molar-refractivity contribution < 1.29 is 14.6 Å². The van der Waals surface area contributed by atoms with E-state index < -0.39 is 27.8 Å². The molecule has 0 saturated carbocycles. The molecule has 21 heavy (non-hydrogen) atoms. The van der Waals surface area contributed by atoms with Crippen LogP contribution in [0.1, 0.15) is 11.5 Å². The first-order valence-electron chi connectivity index (χ1n) is 5.66. The highest BCUT2D eigenvalue weighted by molar-refractivity contribution is 5.32. The normalized spacial score (nSPS) is 12.8. The predicted octanol–water partition coefficient (Wildman–Crippen LogP) is 1.12. The lowest BCUT2D eigenvalue weighted by molar-refractivity contribution is -0.548. The molecule has 0 saturated heterocycles. The van der Waals surface area contributed by atoms with Crippen LogP contribution in [-0.2, 0) is 0 Å². The summed E-state index contributed by atoms with van der Waals surface area (Å²) in [6, 6.07) is 4.67. The third-order valence-electron chi connectivity index (χ3n) is 2.90. The van der Waals surface area contributed by atoms with Crippen molar-refractivity contribution in [3.63, 3.8) is 0 Å². The van der Waals surface area contributed by atoms with E-state index in [0.717, 1.165) is 0 Å². The molecule has 1 aromatic rings. The maximum atomic E-state index is 10.9. The van der Waals surface area contributed by atoms with Gasteiger partial charge in [-0.2, -0.15) is 10.5 Å². The highest BCUT2D eigenvalue weighted by Crippen LogP contribution is 2.28. The van der Waals surface area contributed by atoms with Crippen LogP contribution in [0.3, 0.4) is 0 Å². The van der Waals surface area contributed by atoms with Crippen molar-refractivity contribution in [2.24, 2.45) is 0 Å². The Hall–Kier alpha value is -3.20. The Labute approximate surface area is 119 Å². The summed E-state index contributed by atoms with van der Waals surface area (Å²) in [5, 5.41) is 39.7. The summed E-state index contributed by atoms with van der Waals surface area (Å²) in [7, 11) is 1.41. The molecule has 0 N–H and O–H groups in total. The largest absolute Gasteiger partial charge is 0.497 e. The molecular weight excluding hydrogens is 280 g/mol. The minimum absolute atomic E-state index is 0.155. The minimum atomic E-state index is -1.89. The van der Waals surface area contributed by atoms with E-state index in [9.17, 15) is 20.2 Å². The van der Waals surface area contributed by atoms with Gasteiger partial charge in [0.25, 0.3) is 0 Å². The molecule has 0 heterocycles. The topological polar surface area (TPSA) is 143 Å². The smallest absolute Gasteiger partial charge is 0.311 e. The van der Waals surface area contributed by atoms with Crippen LogP contribution < -0.4 is 4.74 Å². The van der Waals surface area contributed by atoms with Gasteiger partial charge in [-0.1, -0.05) is 12.1 Å². The van der Waals surface area contributed by atoms with Gasteiger partial charge < -0.3 is 4.74 Å². The summed E-state index contributed by atoms with van der Waals surface area (Å²) >= 11 is 0. The average Bonchev–Trinajstić information content (AvgIpc) is 2.46. The molecule has 0 bridgehead atoms. The monoisotopic (exact) mass is 290 g/mol. The molecule has 0 spiro atoms. The first-order valence-corrected chi connectivity index (χ1v) is 5.66. The molecule has 9 heteroatoms. The maximum Gasteiger partial charge on any atom is 0.311 e. The zero-order valence-electron chi connectivity index (χ0n) is 10.9. The molecule has 108 valence electrons. The summed E-state index contributed by atoms with van der Waals surface area (Å²) in [5.41, 5.74) is 0.155. The van der Waals surface area contributed by atoms with Crippen LogP contribution in [0.15, 0.2) is 24.3 Å². The van der Waals surface area contributed by atoms with Crippen LogP contribution in [0, 0.1) is 42.9 Å². The van der Waals surface area contributed by atoms with E-state index in [1.807, 2.05) is 0 Å². The summed E-state index contributed by atoms with van der Waals surface area (Å²) < 4.78 is 4.92. The Morgan fingerprint density at radius 1 is 1.05 bits per heavy atom. The number of rotatable bonds is 6. The van der Waals surface area contributed by atoms with Crippen LogP contribution in [0.4, 0.5) is 0 Å². The van der Waals surface area contributed by atoms with E-state index in [-0.39, 0.29) is 5.56 Å². The fourth-order valence-electron chi connectivity index (χ4n) is 1.88. The lowest BCUT2D eigenvalue weighted by Gasteiger charge is -2.16. The van der Waals surface area contributed by atoms with Gasteiger partial charge in [0, 0.05) is 9.85 Å². The van der Waals surface area contributed by atoms with Crippen molar-refractivity contribution in [2.45, 2.75) is 18.0 Å². The van der Waals surface area contributed by atoms with Gasteiger partial charge in [0.2, 0.25) is 0 Å². The standard InChI is InChI=1S/C12H10N4O5/c1-21-9-4-2-8(3-5-9)12(10(6-13)15(17)18)11(7-14)16(19)20/h2-5,10-12H,1H3/t10-,11-/m0/s1. The Morgan fingerprint density at radius 3 is 1.76 bits per heavy atom. The van der Waals surface area contributed by atoms with E-state index in [4.69, 9.17) is 15.3 Å². The second-order valence-electron chi connectivity index (χ2n) is 4.02.